The quantitative estimate of drug-likeness (QED) is 0.866. The lowest BCUT2D eigenvalue weighted by Gasteiger charge is -2.34. The number of aryl methyl sites for hydroxylation is 1. The first-order chi connectivity index (χ1) is 9.86. The van der Waals surface area contributed by atoms with Crippen LogP contribution in [0.2, 0.25) is 0 Å². The Kier molecular flexibility index (Phi) is 4.78. The maximum Gasteiger partial charge on any atom is 0.335 e. The Labute approximate surface area is 125 Å². The largest absolute Gasteiger partial charge is 0.478 e. The number of hydrogen-bond donors (Lipinski definition) is 1. The predicted octanol–water partition coefficient (Wildman–Crippen LogP) is 2.85. The molecular formula is C17H23NO3. The number of nitrogens with zero attached hydrogens (tertiary/aromatic N) is 1. The van der Waals surface area contributed by atoms with E-state index in [9.17, 15) is 9.59 Å². The van der Waals surface area contributed by atoms with Crippen LogP contribution >= 0.6 is 0 Å². The molecule has 0 bridgehead atoms. The standard InChI is InChI=1S/C17H23NO3/c1-11-6-12(2)9-18(8-11)10-16(19)14-5-4-13(3)15(7-14)17(20)21/h4-5,7,11-12H,6,8-10H2,1-3H3,(H,20,21). The Balaban J connectivity index is 2.10. The fraction of sp³-hybridized carbons (Fsp3) is 0.529. The van der Waals surface area contributed by atoms with Gasteiger partial charge in [0.15, 0.2) is 5.78 Å². The number of ketones is 1. The van der Waals surface area contributed by atoms with Crippen LogP contribution in [0.1, 0.15) is 46.5 Å². The number of Topliss-reactive ketones (excluding diaryl/α,β-unsaturated/α-hetero) is 1. The molecule has 1 aliphatic heterocycles. The SMILES string of the molecule is Cc1ccc(C(=O)CN2CC(C)CC(C)C2)cc1C(=O)O. The van der Waals surface area contributed by atoms with Crippen LogP contribution < -0.4 is 0 Å². The summed E-state index contributed by atoms with van der Waals surface area (Å²) in [6.45, 7) is 8.41. The summed E-state index contributed by atoms with van der Waals surface area (Å²) in [6.07, 6.45) is 1.21. The summed E-state index contributed by atoms with van der Waals surface area (Å²) in [4.78, 5) is 25.7. The van der Waals surface area contributed by atoms with Crippen molar-refractivity contribution in [1.82, 2.24) is 4.90 Å². The molecule has 0 radical (unpaired) electrons. The Hall–Kier alpha value is -1.68. The number of carbonyl (C=O) groups excluding carboxylic acids is 1. The minimum Gasteiger partial charge on any atom is -0.478 e. The van der Waals surface area contributed by atoms with Gasteiger partial charge in [0.1, 0.15) is 0 Å². The molecule has 4 heteroatoms. The number of benzene rings is 1. The third-order valence-electron chi connectivity index (χ3n) is 4.10. The van der Waals surface area contributed by atoms with Gasteiger partial charge in [-0.15, -0.1) is 0 Å². The average molecular weight is 289 g/mol. The maximum absolute atomic E-state index is 12.4. The summed E-state index contributed by atoms with van der Waals surface area (Å²) in [5.74, 6) is 0.226. The first-order valence-electron chi connectivity index (χ1n) is 7.46. The smallest absolute Gasteiger partial charge is 0.335 e. The number of hydrogen-bond acceptors (Lipinski definition) is 3. The van der Waals surface area contributed by atoms with E-state index < -0.39 is 5.97 Å². The molecule has 0 aromatic heterocycles. The van der Waals surface area contributed by atoms with Gasteiger partial charge in [-0.05, 0) is 36.8 Å². The van der Waals surface area contributed by atoms with E-state index in [-0.39, 0.29) is 11.3 Å². The summed E-state index contributed by atoms with van der Waals surface area (Å²) >= 11 is 0. The van der Waals surface area contributed by atoms with Gasteiger partial charge in [-0.25, -0.2) is 4.79 Å². The van der Waals surface area contributed by atoms with Crippen LogP contribution in [0.5, 0.6) is 0 Å². The summed E-state index contributed by atoms with van der Waals surface area (Å²) in [7, 11) is 0. The van der Waals surface area contributed by atoms with E-state index in [4.69, 9.17) is 5.11 Å². The Morgan fingerprint density at radius 2 is 1.86 bits per heavy atom. The van der Waals surface area contributed by atoms with E-state index in [1.54, 1.807) is 19.1 Å². The molecule has 4 nitrogen and oxygen atoms in total. The second kappa shape index (κ2) is 6.39. The number of piperidine rings is 1. The van der Waals surface area contributed by atoms with E-state index in [1.165, 1.54) is 12.5 Å². The second-order valence-corrected chi connectivity index (χ2v) is 6.40. The van der Waals surface area contributed by atoms with Gasteiger partial charge in [-0.3, -0.25) is 9.69 Å². The highest BCUT2D eigenvalue weighted by atomic mass is 16.4. The van der Waals surface area contributed by atoms with Crippen LogP contribution in [-0.4, -0.2) is 41.4 Å². The summed E-state index contributed by atoms with van der Waals surface area (Å²) < 4.78 is 0. The summed E-state index contributed by atoms with van der Waals surface area (Å²) in [5.41, 5.74) is 1.38. The molecule has 0 aliphatic carbocycles. The zero-order valence-corrected chi connectivity index (χ0v) is 12.9. The minimum absolute atomic E-state index is 0.00111. The van der Waals surface area contributed by atoms with Gasteiger partial charge in [-0.2, -0.15) is 0 Å². The number of carboxylic acid groups (broad SMARTS) is 1. The van der Waals surface area contributed by atoms with Crippen molar-refractivity contribution in [1.29, 1.82) is 0 Å². The summed E-state index contributed by atoms with van der Waals surface area (Å²) in [5, 5.41) is 9.14. The monoisotopic (exact) mass is 289 g/mol. The molecule has 1 fully saturated rings. The third kappa shape index (κ3) is 3.91. The highest BCUT2D eigenvalue weighted by Crippen LogP contribution is 2.21. The molecule has 1 saturated heterocycles. The normalized spacial score (nSPS) is 23.0. The fourth-order valence-corrected chi connectivity index (χ4v) is 3.24. The number of aromatic carboxylic acids is 1. The molecule has 0 amide bonds. The molecule has 114 valence electrons. The van der Waals surface area contributed by atoms with E-state index in [0.29, 0.717) is 29.5 Å². The van der Waals surface area contributed by atoms with Crippen molar-refractivity contribution in [3.05, 3.63) is 34.9 Å². The van der Waals surface area contributed by atoms with Gasteiger partial charge < -0.3 is 5.11 Å². The molecule has 1 aliphatic rings. The first-order valence-corrected chi connectivity index (χ1v) is 7.46. The molecule has 1 heterocycles. The van der Waals surface area contributed by atoms with Crippen molar-refractivity contribution in [2.75, 3.05) is 19.6 Å². The Morgan fingerprint density at radius 3 is 2.43 bits per heavy atom. The molecule has 2 rings (SSSR count). The van der Waals surface area contributed by atoms with Gasteiger partial charge in [0.2, 0.25) is 0 Å². The molecule has 21 heavy (non-hydrogen) atoms. The van der Waals surface area contributed by atoms with Crippen molar-refractivity contribution in [2.45, 2.75) is 27.2 Å². The van der Waals surface area contributed by atoms with Crippen molar-refractivity contribution in [2.24, 2.45) is 11.8 Å². The third-order valence-corrected chi connectivity index (χ3v) is 4.10. The number of likely N-dealkylation sites (tertiary alicyclic amines) is 1. The predicted molar refractivity (Wildman–Crippen MR) is 81.9 cm³/mol. The van der Waals surface area contributed by atoms with Crippen molar-refractivity contribution in [3.8, 4) is 0 Å². The molecule has 1 aromatic carbocycles. The van der Waals surface area contributed by atoms with Gasteiger partial charge >= 0.3 is 5.97 Å². The average Bonchev–Trinajstić information content (AvgIpc) is 2.37. The van der Waals surface area contributed by atoms with Crippen LogP contribution in [0.25, 0.3) is 0 Å². The number of carbonyl (C=O) groups is 2. The molecular weight excluding hydrogens is 266 g/mol. The second-order valence-electron chi connectivity index (χ2n) is 6.40. The van der Waals surface area contributed by atoms with E-state index in [2.05, 4.69) is 18.7 Å². The summed E-state index contributed by atoms with van der Waals surface area (Å²) in [6, 6.07) is 4.93. The molecule has 2 atom stereocenters. The lowest BCUT2D eigenvalue weighted by atomic mass is 9.91. The van der Waals surface area contributed by atoms with Crippen molar-refractivity contribution in [3.63, 3.8) is 0 Å². The van der Waals surface area contributed by atoms with Crippen LogP contribution in [-0.2, 0) is 0 Å². The van der Waals surface area contributed by atoms with Gasteiger partial charge in [0, 0.05) is 18.7 Å². The lowest BCUT2D eigenvalue weighted by molar-refractivity contribution is 0.0696. The molecule has 1 N–H and O–H groups in total. The zero-order chi connectivity index (χ0) is 15.6. The highest BCUT2D eigenvalue weighted by molar-refractivity contribution is 6.00. The lowest BCUT2D eigenvalue weighted by Crippen LogP contribution is -2.41. The molecule has 2 unspecified atom stereocenters. The molecule has 0 spiro atoms. The maximum atomic E-state index is 12.4. The van der Waals surface area contributed by atoms with Crippen LogP contribution in [0.3, 0.4) is 0 Å². The minimum atomic E-state index is -0.984. The number of rotatable bonds is 4. The van der Waals surface area contributed by atoms with Crippen LogP contribution in [0.15, 0.2) is 18.2 Å². The topological polar surface area (TPSA) is 57.6 Å². The van der Waals surface area contributed by atoms with Crippen LogP contribution in [0, 0.1) is 18.8 Å². The highest BCUT2D eigenvalue weighted by Gasteiger charge is 2.24. The van der Waals surface area contributed by atoms with E-state index in [1.807, 2.05) is 0 Å². The van der Waals surface area contributed by atoms with Gasteiger partial charge in [0.05, 0.1) is 12.1 Å². The first kappa shape index (κ1) is 15.7. The Bertz CT molecular complexity index is 543. The van der Waals surface area contributed by atoms with Gasteiger partial charge in [-0.1, -0.05) is 26.0 Å². The van der Waals surface area contributed by atoms with E-state index >= 15 is 0 Å². The zero-order valence-electron chi connectivity index (χ0n) is 12.9. The molecule has 1 aromatic rings. The van der Waals surface area contributed by atoms with Crippen molar-refractivity contribution >= 4 is 11.8 Å². The van der Waals surface area contributed by atoms with Crippen molar-refractivity contribution < 1.29 is 14.7 Å². The molecule has 0 saturated carbocycles. The van der Waals surface area contributed by atoms with Gasteiger partial charge in [0.25, 0.3) is 0 Å². The van der Waals surface area contributed by atoms with Crippen LogP contribution in [0.4, 0.5) is 0 Å². The Morgan fingerprint density at radius 1 is 1.24 bits per heavy atom. The van der Waals surface area contributed by atoms with E-state index in [0.717, 1.165) is 13.1 Å². The fourth-order valence-electron chi connectivity index (χ4n) is 3.24. The number of carboxylic acids is 1.